The van der Waals surface area contributed by atoms with Gasteiger partial charge >= 0.3 is 20.8 Å². The fourth-order valence-electron chi connectivity index (χ4n) is 1.55. The summed E-state index contributed by atoms with van der Waals surface area (Å²) in [6.07, 6.45) is -4.31. The highest BCUT2D eigenvalue weighted by atomic mass is 19.4. The van der Waals surface area contributed by atoms with Gasteiger partial charge in [-0.3, -0.25) is 0 Å². The van der Waals surface area contributed by atoms with Crippen molar-refractivity contribution in [1.82, 2.24) is 0 Å². The van der Waals surface area contributed by atoms with Gasteiger partial charge in [-0.05, 0) is 6.42 Å². The van der Waals surface area contributed by atoms with Crippen molar-refractivity contribution < 1.29 is 41.1 Å². The number of hydrogen-bond acceptors (Lipinski definition) is 6. The monoisotopic (exact) mass is 284 g/mol. The molecule has 6 nitrogen and oxygen atoms in total. The van der Waals surface area contributed by atoms with Gasteiger partial charge in [-0.15, -0.1) is 0 Å². The van der Waals surface area contributed by atoms with E-state index in [-0.39, 0.29) is 12.7 Å². The van der Waals surface area contributed by atoms with E-state index < -0.39 is 27.4 Å². The Hall–Kier alpha value is -0.320. The van der Waals surface area contributed by atoms with Crippen LogP contribution in [0.15, 0.2) is 0 Å². The van der Waals surface area contributed by atoms with E-state index in [1.165, 1.54) is 0 Å². The third kappa shape index (κ3) is 5.67. The van der Waals surface area contributed by atoms with Crippen molar-refractivity contribution in [3.63, 3.8) is 0 Å². The van der Waals surface area contributed by atoms with Crippen molar-refractivity contribution in [3.8, 4) is 0 Å². The van der Waals surface area contributed by atoms with Crippen molar-refractivity contribution in [2.75, 3.05) is 33.0 Å². The lowest BCUT2D eigenvalue weighted by Crippen LogP contribution is -2.28. The third-order valence-electron chi connectivity index (χ3n) is 2.39. The first-order valence-corrected chi connectivity index (χ1v) is 5.83. The number of rotatable bonds is 6. The zero-order valence-corrected chi connectivity index (χ0v) is 10.1. The maximum atomic E-state index is 11.9. The second-order valence-corrected chi connectivity index (χ2v) is 4.00. The summed E-state index contributed by atoms with van der Waals surface area (Å²) in [6, 6.07) is 0. The van der Waals surface area contributed by atoms with Crippen LogP contribution >= 0.6 is 0 Å². The maximum absolute atomic E-state index is 11.9. The van der Waals surface area contributed by atoms with Crippen molar-refractivity contribution in [1.29, 1.82) is 0 Å². The molecule has 0 aromatic carbocycles. The fourth-order valence-corrected chi connectivity index (χ4v) is 1.55. The quantitative estimate of drug-likeness (QED) is 0.658. The smallest absolute Gasteiger partial charge is 0.386 e. The molecule has 108 valence electrons. The van der Waals surface area contributed by atoms with Crippen LogP contribution in [0.4, 0.5) is 13.2 Å². The first-order valence-electron chi connectivity index (χ1n) is 5.83. The zero-order valence-electron chi connectivity index (χ0n) is 10.1. The second kappa shape index (κ2) is 6.91. The topological polar surface area (TPSA) is 55.4 Å². The minimum Gasteiger partial charge on any atom is -0.386 e. The van der Waals surface area contributed by atoms with E-state index in [2.05, 4.69) is 4.65 Å². The van der Waals surface area contributed by atoms with E-state index in [0.717, 1.165) is 0 Å². The molecule has 0 N–H and O–H groups in total. The molecule has 2 aliphatic heterocycles. The molecule has 2 saturated heterocycles. The molecule has 1 atom stereocenters. The summed E-state index contributed by atoms with van der Waals surface area (Å²) in [5.74, 6) is 0. The van der Waals surface area contributed by atoms with Gasteiger partial charge in [0.15, 0.2) is 0 Å². The predicted molar refractivity (Wildman–Crippen MR) is 56.8 cm³/mol. The van der Waals surface area contributed by atoms with Crippen molar-refractivity contribution in [3.05, 3.63) is 0 Å². The number of hydrogen-bond donors (Lipinski definition) is 0. The normalized spacial score (nSPS) is 24.5. The molecule has 0 radical (unpaired) electrons. The molecule has 0 aliphatic carbocycles. The summed E-state index contributed by atoms with van der Waals surface area (Å²) in [4.78, 5) is 0. The van der Waals surface area contributed by atoms with E-state index in [0.29, 0.717) is 26.2 Å². The summed E-state index contributed by atoms with van der Waals surface area (Å²) in [6.45, 7) is 0.0374. The lowest BCUT2D eigenvalue weighted by atomic mass is 10.2. The molecule has 2 rings (SSSR count). The first kappa shape index (κ1) is 15.1. The van der Waals surface area contributed by atoms with E-state index in [9.17, 15) is 13.2 Å². The van der Waals surface area contributed by atoms with Gasteiger partial charge in [0.2, 0.25) is 0 Å². The molecule has 2 fully saturated rings. The summed E-state index contributed by atoms with van der Waals surface area (Å²) < 4.78 is 65.5. The van der Waals surface area contributed by atoms with Crippen LogP contribution < -0.4 is 0 Å². The molecule has 11 heteroatoms. The molecule has 2 aliphatic rings. The predicted octanol–water partition coefficient (Wildman–Crippen LogP) is 0.404. The standard InChI is InChI=1S/C8H13B2F3O6/c11-8(12,13)6-18-10-17-5-7(19-10)1-2-14-9-15-3-4-16-9/h7H,1-6H2. The number of alkyl halides is 3. The van der Waals surface area contributed by atoms with Crippen molar-refractivity contribution in [2.24, 2.45) is 0 Å². The minimum absolute atomic E-state index is 0.165. The molecule has 0 spiro atoms. The zero-order chi connectivity index (χ0) is 13.7. The molecular weight excluding hydrogens is 271 g/mol. The van der Waals surface area contributed by atoms with Gasteiger partial charge in [-0.2, -0.15) is 13.2 Å². The summed E-state index contributed by atoms with van der Waals surface area (Å²) >= 11 is 0. The van der Waals surface area contributed by atoms with Crippen molar-refractivity contribution in [2.45, 2.75) is 18.7 Å². The van der Waals surface area contributed by atoms with Gasteiger partial charge in [-0.25, -0.2) is 0 Å². The SMILES string of the molecule is FC(F)(F)COB1OCC(CCOB2OCCO2)O1. The van der Waals surface area contributed by atoms with E-state index in [1.807, 2.05) is 0 Å². The number of halogens is 3. The van der Waals surface area contributed by atoms with Gasteiger partial charge in [0, 0.05) is 6.61 Å². The summed E-state index contributed by atoms with van der Waals surface area (Å²) in [5.41, 5.74) is 0. The molecule has 0 amide bonds. The van der Waals surface area contributed by atoms with Crippen molar-refractivity contribution >= 4 is 14.6 Å². The van der Waals surface area contributed by atoms with Crippen LogP contribution in [-0.2, 0) is 27.9 Å². The average molecular weight is 284 g/mol. The Morgan fingerprint density at radius 3 is 2.47 bits per heavy atom. The largest absolute Gasteiger partial charge is 0.640 e. The van der Waals surface area contributed by atoms with E-state index in [4.69, 9.17) is 23.3 Å². The van der Waals surface area contributed by atoms with Gasteiger partial charge in [0.25, 0.3) is 0 Å². The van der Waals surface area contributed by atoms with E-state index in [1.54, 1.807) is 0 Å². The summed E-state index contributed by atoms with van der Waals surface area (Å²) in [7, 11) is -1.94. The van der Waals surface area contributed by atoms with Crippen LogP contribution in [-0.4, -0.2) is 60.0 Å². The average Bonchev–Trinajstić information content (AvgIpc) is 2.97. The van der Waals surface area contributed by atoms with Gasteiger partial charge in [-0.1, -0.05) is 0 Å². The Balaban J connectivity index is 1.54. The lowest BCUT2D eigenvalue weighted by molar-refractivity contribution is -0.159. The van der Waals surface area contributed by atoms with Crippen LogP contribution in [0.25, 0.3) is 0 Å². The lowest BCUT2D eigenvalue weighted by Gasteiger charge is -2.11. The van der Waals surface area contributed by atoms with Crippen LogP contribution in [0.5, 0.6) is 0 Å². The highest BCUT2D eigenvalue weighted by Gasteiger charge is 2.38. The van der Waals surface area contributed by atoms with Crippen LogP contribution in [0.1, 0.15) is 6.42 Å². The van der Waals surface area contributed by atoms with Crippen LogP contribution in [0.3, 0.4) is 0 Å². The Bertz CT molecular complexity index is 276. The second-order valence-electron chi connectivity index (χ2n) is 4.00. The molecule has 0 aromatic heterocycles. The Morgan fingerprint density at radius 1 is 1.05 bits per heavy atom. The van der Waals surface area contributed by atoms with Crippen LogP contribution in [0.2, 0.25) is 0 Å². The fraction of sp³-hybridized carbons (Fsp3) is 1.00. The summed E-state index contributed by atoms with van der Waals surface area (Å²) in [5, 5.41) is 0. The highest BCUT2D eigenvalue weighted by molar-refractivity contribution is 6.37. The molecule has 0 saturated carbocycles. The molecule has 0 aromatic rings. The van der Waals surface area contributed by atoms with Gasteiger partial charge < -0.3 is 27.9 Å². The Kier molecular flexibility index (Phi) is 5.48. The highest BCUT2D eigenvalue weighted by Crippen LogP contribution is 2.18. The molecule has 1 unspecified atom stereocenters. The third-order valence-corrected chi connectivity index (χ3v) is 2.39. The molecule has 0 bridgehead atoms. The molecule has 2 heterocycles. The molecular formula is C8H13B2F3O6. The van der Waals surface area contributed by atoms with Crippen LogP contribution in [0, 0.1) is 0 Å². The Labute approximate surface area is 108 Å². The maximum Gasteiger partial charge on any atom is 0.640 e. The van der Waals surface area contributed by atoms with E-state index >= 15 is 0 Å². The molecule has 19 heavy (non-hydrogen) atoms. The Morgan fingerprint density at radius 2 is 1.79 bits per heavy atom. The van der Waals surface area contributed by atoms with Gasteiger partial charge in [0.05, 0.1) is 25.9 Å². The minimum atomic E-state index is -4.40. The first-order chi connectivity index (χ1) is 9.03. The van der Waals surface area contributed by atoms with Gasteiger partial charge in [0.1, 0.15) is 6.61 Å².